The molecule has 0 aliphatic carbocycles. The van der Waals surface area contributed by atoms with Crippen LogP contribution in [-0.4, -0.2) is 19.3 Å². The largest absolute Gasteiger partial charge is 0.493 e. The first-order chi connectivity index (χ1) is 9.56. The Kier molecular flexibility index (Phi) is 5.07. The molecule has 0 bridgehead atoms. The highest BCUT2D eigenvalue weighted by atomic mass is 79.9. The third kappa shape index (κ3) is 3.16. The molecule has 106 valence electrons. The van der Waals surface area contributed by atoms with Crippen LogP contribution in [0.2, 0.25) is 0 Å². The van der Waals surface area contributed by atoms with Crippen LogP contribution in [0.1, 0.15) is 17.2 Å². The molecule has 2 rings (SSSR count). The van der Waals surface area contributed by atoms with E-state index in [4.69, 9.17) is 9.47 Å². The van der Waals surface area contributed by atoms with Crippen LogP contribution in [0.25, 0.3) is 0 Å². The van der Waals surface area contributed by atoms with Gasteiger partial charge in [0.15, 0.2) is 11.5 Å². The number of methoxy groups -OCH3 is 2. The zero-order valence-electron chi connectivity index (χ0n) is 11.1. The molecule has 1 atom stereocenters. The monoisotopic (exact) mass is 400 g/mol. The van der Waals surface area contributed by atoms with E-state index < -0.39 is 6.10 Å². The van der Waals surface area contributed by atoms with Gasteiger partial charge < -0.3 is 14.6 Å². The maximum absolute atomic E-state index is 10.5. The molecule has 1 unspecified atom stereocenters. The predicted octanol–water partition coefficient (Wildman–Crippen LogP) is 4.31. The van der Waals surface area contributed by atoms with E-state index in [-0.39, 0.29) is 0 Å². The highest BCUT2D eigenvalue weighted by molar-refractivity contribution is 9.13. The Balaban J connectivity index is 2.37. The van der Waals surface area contributed by atoms with Crippen molar-refractivity contribution in [3.05, 3.63) is 56.5 Å². The molecule has 0 aliphatic heterocycles. The Morgan fingerprint density at radius 1 is 0.850 bits per heavy atom. The second-order valence-electron chi connectivity index (χ2n) is 4.19. The van der Waals surface area contributed by atoms with Gasteiger partial charge >= 0.3 is 0 Å². The number of hydrogen-bond acceptors (Lipinski definition) is 3. The molecule has 0 heterocycles. The van der Waals surface area contributed by atoms with Crippen LogP contribution in [0.4, 0.5) is 0 Å². The van der Waals surface area contributed by atoms with E-state index in [1.165, 1.54) is 0 Å². The minimum absolute atomic E-state index is 0.597. The topological polar surface area (TPSA) is 38.7 Å². The molecule has 20 heavy (non-hydrogen) atoms. The van der Waals surface area contributed by atoms with Crippen molar-refractivity contribution < 1.29 is 14.6 Å². The van der Waals surface area contributed by atoms with Crippen LogP contribution in [0.15, 0.2) is 45.3 Å². The van der Waals surface area contributed by atoms with Gasteiger partial charge in [0.2, 0.25) is 0 Å². The third-order valence-electron chi connectivity index (χ3n) is 2.98. The third-order valence-corrected chi connectivity index (χ3v) is 4.86. The minimum Gasteiger partial charge on any atom is -0.493 e. The molecule has 0 amide bonds. The highest BCUT2D eigenvalue weighted by Crippen LogP contribution is 2.34. The van der Waals surface area contributed by atoms with Crippen molar-refractivity contribution in [2.75, 3.05) is 14.2 Å². The van der Waals surface area contributed by atoms with Crippen molar-refractivity contribution in [2.24, 2.45) is 0 Å². The second-order valence-corrected chi connectivity index (χ2v) is 5.90. The molecule has 0 aromatic heterocycles. The van der Waals surface area contributed by atoms with Gasteiger partial charge in [0, 0.05) is 8.95 Å². The number of aliphatic hydroxyl groups excluding tert-OH is 1. The van der Waals surface area contributed by atoms with Crippen LogP contribution in [0, 0.1) is 0 Å². The first-order valence-electron chi connectivity index (χ1n) is 5.91. The van der Waals surface area contributed by atoms with E-state index in [2.05, 4.69) is 31.9 Å². The summed E-state index contributed by atoms with van der Waals surface area (Å²) in [5.74, 6) is 1.24. The van der Waals surface area contributed by atoms with Gasteiger partial charge in [0.05, 0.1) is 14.2 Å². The minimum atomic E-state index is -0.723. The molecular weight excluding hydrogens is 388 g/mol. The highest BCUT2D eigenvalue weighted by Gasteiger charge is 2.14. The van der Waals surface area contributed by atoms with Gasteiger partial charge in [-0.3, -0.25) is 0 Å². The van der Waals surface area contributed by atoms with Crippen molar-refractivity contribution in [3.63, 3.8) is 0 Å². The maximum atomic E-state index is 10.5. The van der Waals surface area contributed by atoms with Gasteiger partial charge in [-0.1, -0.05) is 12.1 Å². The molecule has 2 aromatic carbocycles. The van der Waals surface area contributed by atoms with Gasteiger partial charge in [0.1, 0.15) is 6.10 Å². The van der Waals surface area contributed by atoms with E-state index >= 15 is 0 Å². The molecule has 0 saturated carbocycles. The van der Waals surface area contributed by atoms with Gasteiger partial charge in [0.25, 0.3) is 0 Å². The smallest absolute Gasteiger partial charge is 0.161 e. The Morgan fingerprint density at radius 2 is 1.45 bits per heavy atom. The van der Waals surface area contributed by atoms with Crippen LogP contribution in [0.3, 0.4) is 0 Å². The molecule has 0 spiro atoms. The summed E-state index contributed by atoms with van der Waals surface area (Å²) in [6, 6.07) is 11.0. The zero-order chi connectivity index (χ0) is 14.7. The fourth-order valence-corrected chi connectivity index (χ4v) is 2.54. The molecule has 3 nitrogen and oxygen atoms in total. The average Bonchev–Trinajstić information content (AvgIpc) is 2.48. The van der Waals surface area contributed by atoms with Gasteiger partial charge in [-0.15, -0.1) is 0 Å². The Labute approximate surface area is 134 Å². The summed E-state index contributed by atoms with van der Waals surface area (Å²) >= 11 is 6.85. The molecule has 5 heteroatoms. The number of benzene rings is 2. The van der Waals surface area contributed by atoms with Gasteiger partial charge in [-0.05, 0) is 67.3 Å². The molecule has 0 fully saturated rings. The van der Waals surface area contributed by atoms with Crippen LogP contribution in [0.5, 0.6) is 11.5 Å². The van der Waals surface area contributed by atoms with Crippen molar-refractivity contribution in [3.8, 4) is 11.5 Å². The Morgan fingerprint density at radius 3 is 2.05 bits per heavy atom. The van der Waals surface area contributed by atoms with E-state index in [9.17, 15) is 5.11 Å². The SMILES string of the molecule is COc1ccc(C(O)c2ccc(Br)c(Br)c2)cc1OC. The lowest BCUT2D eigenvalue weighted by Gasteiger charge is -2.15. The molecule has 2 aromatic rings. The summed E-state index contributed by atoms with van der Waals surface area (Å²) in [4.78, 5) is 0. The van der Waals surface area contributed by atoms with Crippen LogP contribution in [-0.2, 0) is 0 Å². The van der Waals surface area contributed by atoms with Crippen LogP contribution < -0.4 is 9.47 Å². The lowest BCUT2D eigenvalue weighted by molar-refractivity contribution is 0.219. The summed E-state index contributed by atoms with van der Waals surface area (Å²) in [7, 11) is 3.16. The first-order valence-corrected chi connectivity index (χ1v) is 7.50. The summed E-state index contributed by atoms with van der Waals surface area (Å²) in [5, 5.41) is 10.5. The quantitative estimate of drug-likeness (QED) is 0.829. The Hall–Kier alpha value is -1.04. The lowest BCUT2D eigenvalue weighted by Crippen LogP contribution is -2.01. The van der Waals surface area contributed by atoms with Crippen molar-refractivity contribution >= 4 is 31.9 Å². The first kappa shape index (κ1) is 15.4. The van der Waals surface area contributed by atoms with E-state index in [1.807, 2.05) is 24.3 Å². The van der Waals surface area contributed by atoms with E-state index in [0.29, 0.717) is 11.5 Å². The lowest BCUT2D eigenvalue weighted by atomic mass is 10.0. The van der Waals surface area contributed by atoms with Crippen molar-refractivity contribution in [1.29, 1.82) is 0 Å². The molecule has 0 radical (unpaired) electrons. The number of aliphatic hydroxyl groups is 1. The van der Waals surface area contributed by atoms with E-state index in [1.54, 1.807) is 26.4 Å². The summed E-state index contributed by atoms with van der Waals surface area (Å²) in [5.41, 5.74) is 1.55. The molecule has 1 N–H and O–H groups in total. The fourth-order valence-electron chi connectivity index (χ4n) is 1.90. The normalized spacial score (nSPS) is 12.1. The average molecular weight is 402 g/mol. The van der Waals surface area contributed by atoms with Crippen LogP contribution >= 0.6 is 31.9 Å². The number of ether oxygens (including phenoxy) is 2. The Bertz CT molecular complexity index is 614. The molecule has 0 aliphatic rings. The standard InChI is InChI=1S/C15H14Br2O3/c1-19-13-6-4-10(8-14(13)20-2)15(18)9-3-5-11(16)12(17)7-9/h3-8,15,18H,1-2H3. The number of halogens is 2. The zero-order valence-corrected chi connectivity index (χ0v) is 14.2. The predicted molar refractivity (Wildman–Crippen MR) is 85.4 cm³/mol. The summed E-state index contributed by atoms with van der Waals surface area (Å²) in [6.07, 6.45) is -0.723. The van der Waals surface area contributed by atoms with Gasteiger partial charge in [-0.2, -0.15) is 0 Å². The number of hydrogen-bond donors (Lipinski definition) is 1. The van der Waals surface area contributed by atoms with Crippen molar-refractivity contribution in [2.45, 2.75) is 6.10 Å². The second kappa shape index (κ2) is 6.61. The maximum Gasteiger partial charge on any atom is 0.161 e. The molecule has 0 saturated heterocycles. The summed E-state index contributed by atoms with van der Waals surface area (Å²) in [6.45, 7) is 0. The van der Waals surface area contributed by atoms with E-state index in [0.717, 1.165) is 20.1 Å². The summed E-state index contributed by atoms with van der Waals surface area (Å²) < 4.78 is 12.3. The molecular formula is C15H14Br2O3. The fraction of sp³-hybridized carbons (Fsp3) is 0.200. The number of rotatable bonds is 4. The van der Waals surface area contributed by atoms with Crippen molar-refractivity contribution in [1.82, 2.24) is 0 Å². The van der Waals surface area contributed by atoms with Gasteiger partial charge in [-0.25, -0.2) is 0 Å².